The molecule has 0 spiro atoms. The van der Waals surface area contributed by atoms with Gasteiger partial charge in [0.2, 0.25) is 0 Å². The lowest BCUT2D eigenvalue weighted by molar-refractivity contribution is -0.138. The summed E-state index contributed by atoms with van der Waals surface area (Å²) in [5.74, 6) is -0.317. The smallest absolute Gasteiger partial charge is 0.303 e. The number of carboxylic acid groups (broad SMARTS) is 1. The van der Waals surface area contributed by atoms with Crippen LogP contribution in [0.15, 0.2) is 0 Å². The summed E-state index contributed by atoms with van der Waals surface area (Å²) in [4.78, 5) is 12.9. The van der Waals surface area contributed by atoms with Crippen LogP contribution >= 0.6 is 0 Å². The SMILES string of the molecule is CC(C)N1CC[C@@H](CC(=O)O)[C@@H]1C. The minimum absolute atomic E-state index is 0.324. The Morgan fingerprint density at radius 2 is 2.23 bits per heavy atom. The third kappa shape index (κ3) is 2.44. The highest BCUT2D eigenvalue weighted by Crippen LogP contribution is 2.28. The fourth-order valence-corrected chi connectivity index (χ4v) is 2.26. The van der Waals surface area contributed by atoms with Gasteiger partial charge in [0.05, 0.1) is 0 Å². The van der Waals surface area contributed by atoms with Crippen molar-refractivity contribution < 1.29 is 9.90 Å². The summed E-state index contributed by atoms with van der Waals surface area (Å²) in [7, 11) is 0. The van der Waals surface area contributed by atoms with Gasteiger partial charge in [-0.15, -0.1) is 0 Å². The molecule has 0 aromatic carbocycles. The molecule has 3 heteroatoms. The second kappa shape index (κ2) is 4.09. The van der Waals surface area contributed by atoms with E-state index in [1.807, 2.05) is 0 Å². The number of aliphatic carboxylic acids is 1. The maximum absolute atomic E-state index is 10.6. The van der Waals surface area contributed by atoms with Crippen LogP contribution in [0.4, 0.5) is 0 Å². The van der Waals surface area contributed by atoms with Crippen LogP contribution in [0.2, 0.25) is 0 Å². The zero-order valence-corrected chi connectivity index (χ0v) is 8.66. The molecule has 0 radical (unpaired) electrons. The Bertz CT molecular complexity index is 191. The molecule has 0 bridgehead atoms. The fraction of sp³-hybridized carbons (Fsp3) is 0.900. The highest BCUT2D eigenvalue weighted by atomic mass is 16.4. The highest BCUT2D eigenvalue weighted by Gasteiger charge is 2.32. The second-order valence-corrected chi connectivity index (χ2v) is 4.22. The van der Waals surface area contributed by atoms with E-state index in [2.05, 4.69) is 25.7 Å². The van der Waals surface area contributed by atoms with E-state index in [1.54, 1.807) is 0 Å². The first-order chi connectivity index (χ1) is 6.02. The minimum atomic E-state index is -0.664. The molecule has 1 fully saturated rings. The van der Waals surface area contributed by atoms with Gasteiger partial charge in [-0.05, 0) is 39.7 Å². The molecule has 1 aliphatic heterocycles. The van der Waals surface area contributed by atoms with Crippen LogP contribution in [0.1, 0.15) is 33.6 Å². The number of rotatable bonds is 3. The average Bonchev–Trinajstić information content (AvgIpc) is 2.32. The summed E-state index contributed by atoms with van der Waals surface area (Å²) < 4.78 is 0. The Hall–Kier alpha value is -0.570. The lowest BCUT2D eigenvalue weighted by Crippen LogP contribution is -2.36. The standard InChI is InChI=1S/C10H19NO2/c1-7(2)11-5-4-9(8(11)3)6-10(12)13/h7-9H,4-6H2,1-3H3,(H,12,13)/t8-,9-/m0/s1. The van der Waals surface area contributed by atoms with E-state index < -0.39 is 5.97 Å². The first-order valence-corrected chi connectivity index (χ1v) is 5.00. The number of carbonyl (C=O) groups is 1. The van der Waals surface area contributed by atoms with E-state index >= 15 is 0 Å². The van der Waals surface area contributed by atoms with Gasteiger partial charge in [0, 0.05) is 18.5 Å². The van der Waals surface area contributed by atoms with Crippen molar-refractivity contribution in [2.75, 3.05) is 6.54 Å². The summed E-state index contributed by atoms with van der Waals surface area (Å²) >= 11 is 0. The Morgan fingerprint density at radius 3 is 2.62 bits per heavy atom. The third-order valence-corrected chi connectivity index (χ3v) is 3.06. The van der Waals surface area contributed by atoms with Gasteiger partial charge in [0.1, 0.15) is 0 Å². The maximum atomic E-state index is 10.6. The van der Waals surface area contributed by atoms with Gasteiger partial charge < -0.3 is 5.11 Å². The Labute approximate surface area is 79.7 Å². The van der Waals surface area contributed by atoms with Crippen molar-refractivity contribution in [1.82, 2.24) is 4.90 Å². The van der Waals surface area contributed by atoms with Crippen LogP contribution < -0.4 is 0 Å². The Morgan fingerprint density at radius 1 is 1.62 bits per heavy atom. The van der Waals surface area contributed by atoms with Crippen LogP contribution in [-0.4, -0.2) is 34.6 Å². The van der Waals surface area contributed by atoms with Crippen molar-refractivity contribution in [3.05, 3.63) is 0 Å². The Kier molecular flexibility index (Phi) is 3.31. The molecule has 1 heterocycles. The van der Waals surface area contributed by atoms with E-state index in [-0.39, 0.29) is 0 Å². The van der Waals surface area contributed by atoms with Crippen molar-refractivity contribution in [3.8, 4) is 0 Å². The molecule has 2 atom stereocenters. The van der Waals surface area contributed by atoms with E-state index in [0.29, 0.717) is 24.4 Å². The van der Waals surface area contributed by atoms with Gasteiger partial charge in [-0.25, -0.2) is 0 Å². The number of hydrogen-bond acceptors (Lipinski definition) is 2. The van der Waals surface area contributed by atoms with Crippen molar-refractivity contribution >= 4 is 5.97 Å². The van der Waals surface area contributed by atoms with Gasteiger partial charge in [-0.2, -0.15) is 0 Å². The molecule has 1 rings (SSSR count). The molecule has 1 saturated heterocycles. The third-order valence-electron chi connectivity index (χ3n) is 3.06. The second-order valence-electron chi connectivity index (χ2n) is 4.22. The first-order valence-electron chi connectivity index (χ1n) is 5.00. The highest BCUT2D eigenvalue weighted by molar-refractivity contribution is 5.67. The molecule has 0 aromatic heterocycles. The summed E-state index contributed by atoms with van der Waals surface area (Å²) in [5, 5.41) is 8.70. The molecule has 0 amide bonds. The molecule has 3 nitrogen and oxygen atoms in total. The van der Waals surface area contributed by atoms with Gasteiger partial charge in [-0.1, -0.05) is 0 Å². The van der Waals surface area contributed by atoms with Crippen LogP contribution in [0.25, 0.3) is 0 Å². The van der Waals surface area contributed by atoms with Gasteiger partial charge in [0.25, 0.3) is 0 Å². The van der Waals surface area contributed by atoms with E-state index in [1.165, 1.54) is 0 Å². The average molecular weight is 185 g/mol. The summed E-state index contributed by atoms with van der Waals surface area (Å²) in [5.41, 5.74) is 0. The van der Waals surface area contributed by atoms with Crippen LogP contribution in [0, 0.1) is 5.92 Å². The number of likely N-dealkylation sites (tertiary alicyclic amines) is 1. The van der Waals surface area contributed by atoms with E-state index in [9.17, 15) is 4.79 Å². The van der Waals surface area contributed by atoms with Gasteiger partial charge in [0.15, 0.2) is 0 Å². The first kappa shape index (κ1) is 10.5. The zero-order chi connectivity index (χ0) is 10.0. The summed E-state index contributed by atoms with van der Waals surface area (Å²) in [6.07, 6.45) is 1.36. The van der Waals surface area contributed by atoms with Crippen molar-refractivity contribution in [3.63, 3.8) is 0 Å². The number of nitrogens with zero attached hydrogens (tertiary/aromatic N) is 1. The van der Waals surface area contributed by atoms with Gasteiger partial charge in [-0.3, -0.25) is 9.69 Å². The molecule has 13 heavy (non-hydrogen) atoms. The molecular weight excluding hydrogens is 166 g/mol. The van der Waals surface area contributed by atoms with E-state index in [4.69, 9.17) is 5.11 Å². The van der Waals surface area contributed by atoms with Crippen molar-refractivity contribution in [1.29, 1.82) is 0 Å². The van der Waals surface area contributed by atoms with Crippen LogP contribution in [0.5, 0.6) is 0 Å². The van der Waals surface area contributed by atoms with E-state index in [0.717, 1.165) is 13.0 Å². The molecule has 76 valence electrons. The van der Waals surface area contributed by atoms with Crippen LogP contribution in [0.3, 0.4) is 0 Å². The molecule has 1 aliphatic rings. The molecule has 0 aliphatic carbocycles. The lowest BCUT2D eigenvalue weighted by Gasteiger charge is -2.27. The van der Waals surface area contributed by atoms with Gasteiger partial charge >= 0.3 is 5.97 Å². The largest absolute Gasteiger partial charge is 0.481 e. The fourth-order valence-electron chi connectivity index (χ4n) is 2.26. The Balaban J connectivity index is 2.49. The number of hydrogen-bond donors (Lipinski definition) is 1. The summed E-state index contributed by atoms with van der Waals surface area (Å²) in [6, 6.07) is 0.963. The minimum Gasteiger partial charge on any atom is -0.481 e. The van der Waals surface area contributed by atoms with Crippen LogP contribution in [-0.2, 0) is 4.79 Å². The maximum Gasteiger partial charge on any atom is 0.303 e. The number of carboxylic acids is 1. The predicted octanol–water partition coefficient (Wildman–Crippen LogP) is 1.58. The monoisotopic (exact) mass is 185 g/mol. The zero-order valence-electron chi connectivity index (χ0n) is 8.66. The molecule has 0 saturated carbocycles. The predicted molar refractivity (Wildman–Crippen MR) is 51.7 cm³/mol. The lowest BCUT2D eigenvalue weighted by atomic mass is 9.98. The quantitative estimate of drug-likeness (QED) is 0.725. The molecular formula is C10H19NO2. The summed E-state index contributed by atoms with van der Waals surface area (Å²) in [6.45, 7) is 7.52. The van der Waals surface area contributed by atoms with Crippen molar-refractivity contribution in [2.45, 2.75) is 45.7 Å². The molecule has 0 aromatic rings. The van der Waals surface area contributed by atoms with Crippen molar-refractivity contribution in [2.24, 2.45) is 5.92 Å². The topological polar surface area (TPSA) is 40.5 Å². The molecule has 0 unspecified atom stereocenters. The normalized spacial score (nSPS) is 29.8. The molecule has 1 N–H and O–H groups in total.